The molecule has 0 N–H and O–H groups in total. The Morgan fingerprint density at radius 2 is 1.77 bits per heavy atom. The van der Waals surface area contributed by atoms with Gasteiger partial charge in [-0.05, 0) is 42.5 Å². The van der Waals surface area contributed by atoms with Gasteiger partial charge in [-0.15, -0.1) is 0 Å². The molecule has 0 heterocycles. The smallest absolute Gasteiger partial charge is 0.270 e. The number of hydrogen-bond donors (Lipinski definition) is 0. The lowest BCUT2D eigenvalue weighted by Crippen LogP contribution is -1.92. The molecule has 5 nitrogen and oxygen atoms in total. The fourth-order valence-corrected chi connectivity index (χ4v) is 3.18. The second-order valence-electron chi connectivity index (χ2n) is 5.35. The monoisotopic (exact) mass is 364 g/mol. The minimum atomic E-state index is -0.401. The summed E-state index contributed by atoms with van der Waals surface area (Å²) in [5.41, 5.74) is 1.48. The van der Waals surface area contributed by atoms with Crippen LogP contribution in [0.4, 0.5) is 11.4 Å². The van der Waals surface area contributed by atoms with Gasteiger partial charge in [0.25, 0.3) is 5.69 Å². The van der Waals surface area contributed by atoms with E-state index in [0.29, 0.717) is 5.56 Å². The van der Waals surface area contributed by atoms with Crippen LogP contribution in [-0.4, -0.2) is 18.2 Å². The number of hydrogen-bond acceptors (Lipinski definition) is 5. The predicted octanol–water partition coefficient (Wildman–Crippen LogP) is 5.51. The molecule has 0 atom stereocenters. The van der Waals surface area contributed by atoms with E-state index < -0.39 is 4.92 Å². The molecule has 0 aliphatic heterocycles. The Morgan fingerprint density at radius 3 is 2.42 bits per heavy atom. The standard InChI is InChI=1S/C20H16N2O3S/c1-25-18-10-7-16(8-11-18)21-14-15-13-17(22(23)24)9-12-20(15)26-19-5-3-2-4-6-19/h2-14H,1H3. The van der Waals surface area contributed by atoms with Crippen molar-refractivity contribution in [3.63, 3.8) is 0 Å². The summed E-state index contributed by atoms with van der Waals surface area (Å²) in [6, 6.07) is 22.0. The van der Waals surface area contributed by atoms with Crippen LogP contribution in [0, 0.1) is 10.1 Å². The van der Waals surface area contributed by atoms with Crippen molar-refractivity contribution in [2.45, 2.75) is 9.79 Å². The lowest BCUT2D eigenvalue weighted by atomic mass is 10.2. The molecule has 6 heteroatoms. The van der Waals surface area contributed by atoms with Gasteiger partial charge in [-0.2, -0.15) is 0 Å². The van der Waals surface area contributed by atoms with Crippen LogP contribution in [0.25, 0.3) is 0 Å². The third kappa shape index (κ3) is 4.49. The molecule has 3 aromatic carbocycles. The van der Waals surface area contributed by atoms with Crippen LogP contribution in [0.2, 0.25) is 0 Å². The Kier molecular flexibility index (Phi) is 5.66. The highest BCUT2D eigenvalue weighted by atomic mass is 32.2. The lowest BCUT2D eigenvalue weighted by molar-refractivity contribution is -0.384. The largest absolute Gasteiger partial charge is 0.497 e. The second kappa shape index (κ2) is 8.31. The topological polar surface area (TPSA) is 64.7 Å². The fraction of sp³-hybridized carbons (Fsp3) is 0.0500. The SMILES string of the molecule is COc1ccc(N=Cc2cc([N+](=O)[O-])ccc2Sc2ccccc2)cc1. The molecular weight excluding hydrogens is 348 g/mol. The number of non-ortho nitro benzene ring substituents is 1. The minimum Gasteiger partial charge on any atom is -0.497 e. The van der Waals surface area contributed by atoms with Gasteiger partial charge in [0.2, 0.25) is 0 Å². The van der Waals surface area contributed by atoms with Crippen LogP contribution in [-0.2, 0) is 0 Å². The van der Waals surface area contributed by atoms with Crippen LogP contribution in [0.1, 0.15) is 5.56 Å². The summed E-state index contributed by atoms with van der Waals surface area (Å²) in [5, 5.41) is 11.1. The first-order valence-electron chi connectivity index (χ1n) is 7.85. The van der Waals surface area contributed by atoms with Gasteiger partial charge in [0.05, 0.1) is 17.7 Å². The van der Waals surface area contributed by atoms with E-state index in [0.717, 1.165) is 21.2 Å². The van der Waals surface area contributed by atoms with Gasteiger partial charge >= 0.3 is 0 Å². The van der Waals surface area contributed by atoms with E-state index in [9.17, 15) is 10.1 Å². The molecule has 3 rings (SSSR count). The molecule has 0 fully saturated rings. The molecule has 0 saturated heterocycles. The van der Waals surface area contributed by atoms with Gasteiger partial charge in [-0.25, -0.2) is 0 Å². The van der Waals surface area contributed by atoms with Crippen molar-refractivity contribution >= 4 is 29.4 Å². The van der Waals surface area contributed by atoms with Crippen LogP contribution in [0.15, 0.2) is 87.6 Å². The number of ether oxygens (including phenoxy) is 1. The van der Waals surface area contributed by atoms with Gasteiger partial charge in [-0.1, -0.05) is 30.0 Å². The first-order valence-corrected chi connectivity index (χ1v) is 8.67. The summed E-state index contributed by atoms with van der Waals surface area (Å²) in [7, 11) is 1.61. The van der Waals surface area contributed by atoms with Crippen molar-refractivity contribution in [3.8, 4) is 5.75 Å². The van der Waals surface area contributed by atoms with Crippen molar-refractivity contribution < 1.29 is 9.66 Å². The van der Waals surface area contributed by atoms with Crippen molar-refractivity contribution in [2.24, 2.45) is 4.99 Å². The molecule has 130 valence electrons. The molecule has 0 aromatic heterocycles. The third-order valence-corrected chi connectivity index (χ3v) is 4.70. The Morgan fingerprint density at radius 1 is 1.04 bits per heavy atom. The van der Waals surface area contributed by atoms with E-state index in [1.54, 1.807) is 31.2 Å². The fourth-order valence-electron chi connectivity index (χ4n) is 2.27. The van der Waals surface area contributed by atoms with E-state index in [1.807, 2.05) is 54.6 Å². The summed E-state index contributed by atoms with van der Waals surface area (Å²) < 4.78 is 5.13. The lowest BCUT2D eigenvalue weighted by Gasteiger charge is -2.06. The van der Waals surface area contributed by atoms with Gasteiger partial charge in [0.1, 0.15) is 5.75 Å². The van der Waals surface area contributed by atoms with E-state index >= 15 is 0 Å². The average Bonchev–Trinajstić information content (AvgIpc) is 2.68. The van der Waals surface area contributed by atoms with E-state index in [-0.39, 0.29) is 5.69 Å². The Bertz CT molecular complexity index is 926. The average molecular weight is 364 g/mol. The predicted molar refractivity (Wildman–Crippen MR) is 104 cm³/mol. The van der Waals surface area contributed by atoms with E-state index in [4.69, 9.17) is 4.74 Å². The number of rotatable bonds is 6. The summed E-state index contributed by atoms with van der Waals surface area (Å²) in [6.45, 7) is 0. The van der Waals surface area contributed by atoms with Crippen molar-refractivity contribution in [2.75, 3.05) is 7.11 Å². The number of nitro groups is 1. The highest BCUT2D eigenvalue weighted by Gasteiger charge is 2.11. The number of nitro benzene ring substituents is 1. The van der Waals surface area contributed by atoms with Crippen molar-refractivity contribution in [3.05, 3.63) is 88.5 Å². The number of nitrogens with zero attached hydrogens (tertiary/aromatic N) is 2. The van der Waals surface area contributed by atoms with Crippen LogP contribution < -0.4 is 4.74 Å². The number of benzene rings is 3. The van der Waals surface area contributed by atoms with Gasteiger partial charge < -0.3 is 4.74 Å². The molecule has 0 radical (unpaired) electrons. The third-order valence-electron chi connectivity index (χ3n) is 3.60. The summed E-state index contributed by atoms with van der Waals surface area (Å²) >= 11 is 1.54. The second-order valence-corrected chi connectivity index (χ2v) is 6.47. The molecule has 0 aliphatic rings. The molecule has 0 bridgehead atoms. The van der Waals surface area contributed by atoms with Crippen molar-refractivity contribution in [1.82, 2.24) is 0 Å². The Balaban J connectivity index is 1.92. The van der Waals surface area contributed by atoms with Gasteiger partial charge in [0.15, 0.2) is 0 Å². The van der Waals surface area contributed by atoms with Crippen molar-refractivity contribution in [1.29, 1.82) is 0 Å². The first kappa shape index (κ1) is 17.7. The zero-order valence-electron chi connectivity index (χ0n) is 14.0. The number of aliphatic imine (C=N–C) groups is 1. The minimum absolute atomic E-state index is 0.0404. The molecule has 0 saturated carbocycles. The maximum absolute atomic E-state index is 11.1. The maximum atomic E-state index is 11.1. The Labute approximate surface area is 155 Å². The molecule has 0 unspecified atom stereocenters. The molecule has 0 amide bonds. The van der Waals surface area contributed by atoms with Gasteiger partial charge in [0, 0.05) is 33.7 Å². The zero-order valence-corrected chi connectivity index (χ0v) is 14.8. The van der Waals surface area contributed by atoms with E-state index in [1.165, 1.54) is 12.1 Å². The summed E-state index contributed by atoms with van der Waals surface area (Å²) in [4.78, 5) is 17.1. The molecule has 26 heavy (non-hydrogen) atoms. The molecule has 3 aromatic rings. The van der Waals surface area contributed by atoms with Gasteiger partial charge in [-0.3, -0.25) is 15.1 Å². The van der Waals surface area contributed by atoms with E-state index in [2.05, 4.69) is 4.99 Å². The Hall–Kier alpha value is -3.12. The normalized spacial score (nSPS) is 10.8. The summed E-state index contributed by atoms with van der Waals surface area (Å²) in [6.07, 6.45) is 1.65. The molecule has 0 spiro atoms. The zero-order chi connectivity index (χ0) is 18.4. The quantitative estimate of drug-likeness (QED) is 0.329. The van der Waals surface area contributed by atoms with Crippen LogP contribution in [0.5, 0.6) is 5.75 Å². The highest BCUT2D eigenvalue weighted by molar-refractivity contribution is 7.99. The molecule has 0 aliphatic carbocycles. The molecular formula is C20H16N2O3S. The van der Waals surface area contributed by atoms with Crippen LogP contribution >= 0.6 is 11.8 Å². The summed E-state index contributed by atoms with van der Waals surface area (Å²) in [5.74, 6) is 0.750. The first-order chi connectivity index (χ1) is 12.7. The van der Waals surface area contributed by atoms with Crippen LogP contribution in [0.3, 0.4) is 0 Å². The maximum Gasteiger partial charge on any atom is 0.270 e. The number of methoxy groups -OCH3 is 1. The highest BCUT2D eigenvalue weighted by Crippen LogP contribution is 2.32.